The summed E-state index contributed by atoms with van der Waals surface area (Å²) >= 11 is 0. The topological polar surface area (TPSA) is 55.0 Å². The standard InChI is InChI=1S/C11H12N4/c12-15(11-13-7-4-8-14-11)9-10-5-2-1-3-6-10/h1-8H,9,12H2. The maximum atomic E-state index is 5.84. The lowest BCUT2D eigenvalue weighted by Crippen LogP contribution is -2.31. The molecular weight excluding hydrogens is 188 g/mol. The number of hydrazine groups is 1. The van der Waals surface area contributed by atoms with Crippen molar-refractivity contribution in [3.63, 3.8) is 0 Å². The van der Waals surface area contributed by atoms with Gasteiger partial charge in [-0.15, -0.1) is 0 Å². The molecule has 0 bridgehead atoms. The molecule has 4 nitrogen and oxygen atoms in total. The number of hydrogen-bond donors (Lipinski definition) is 1. The van der Waals surface area contributed by atoms with E-state index in [1.807, 2.05) is 30.3 Å². The highest BCUT2D eigenvalue weighted by molar-refractivity contribution is 5.28. The van der Waals surface area contributed by atoms with E-state index in [9.17, 15) is 0 Å². The number of aromatic nitrogens is 2. The summed E-state index contributed by atoms with van der Waals surface area (Å²) in [6.07, 6.45) is 3.35. The van der Waals surface area contributed by atoms with Crippen LogP contribution in [0, 0.1) is 0 Å². The highest BCUT2D eigenvalue weighted by Crippen LogP contribution is 2.06. The predicted molar refractivity (Wildman–Crippen MR) is 58.8 cm³/mol. The molecule has 15 heavy (non-hydrogen) atoms. The molecular formula is C11H12N4. The van der Waals surface area contributed by atoms with Gasteiger partial charge in [-0.2, -0.15) is 0 Å². The first-order valence-electron chi connectivity index (χ1n) is 4.69. The maximum absolute atomic E-state index is 5.84. The zero-order valence-corrected chi connectivity index (χ0v) is 8.24. The molecule has 0 saturated heterocycles. The summed E-state index contributed by atoms with van der Waals surface area (Å²) in [5.74, 6) is 6.36. The van der Waals surface area contributed by atoms with Gasteiger partial charge < -0.3 is 0 Å². The van der Waals surface area contributed by atoms with Crippen molar-refractivity contribution in [1.29, 1.82) is 0 Å². The number of anilines is 1. The molecule has 0 fully saturated rings. The van der Waals surface area contributed by atoms with Gasteiger partial charge in [0.15, 0.2) is 0 Å². The number of benzene rings is 1. The average molecular weight is 200 g/mol. The molecule has 0 atom stereocenters. The van der Waals surface area contributed by atoms with Gasteiger partial charge >= 0.3 is 0 Å². The van der Waals surface area contributed by atoms with Crippen LogP contribution in [-0.2, 0) is 6.54 Å². The second kappa shape index (κ2) is 4.52. The van der Waals surface area contributed by atoms with E-state index in [1.165, 1.54) is 5.01 Å². The fourth-order valence-corrected chi connectivity index (χ4v) is 1.29. The van der Waals surface area contributed by atoms with Crippen LogP contribution in [0.25, 0.3) is 0 Å². The second-order valence-corrected chi connectivity index (χ2v) is 3.16. The monoisotopic (exact) mass is 200 g/mol. The third-order valence-electron chi connectivity index (χ3n) is 2.00. The Morgan fingerprint density at radius 3 is 2.33 bits per heavy atom. The van der Waals surface area contributed by atoms with Crippen LogP contribution in [0.15, 0.2) is 48.8 Å². The van der Waals surface area contributed by atoms with Crippen molar-refractivity contribution in [2.45, 2.75) is 6.54 Å². The number of rotatable bonds is 3. The molecule has 0 amide bonds. The van der Waals surface area contributed by atoms with E-state index in [0.29, 0.717) is 12.5 Å². The van der Waals surface area contributed by atoms with Crippen molar-refractivity contribution in [3.8, 4) is 0 Å². The first kappa shape index (κ1) is 9.61. The molecule has 1 aromatic carbocycles. The van der Waals surface area contributed by atoms with Gasteiger partial charge in [-0.1, -0.05) is 30.3 Å². The molecule has 1 aromatic heterocycles. The van der Waals surface area contributed by atoms with Crippen LogP contribution in [0.3, 0.4) is 0 Å². The van der Waals surface area contributed by atoms with E-state index in [4.69, 9.17) is 5.84 Å². The highest BCUT2D eigenvalue weighted by Gasteiger charge is 2.03. The molecule has 0 spiro atoms. The van der Waals surface area contributed by atoms with Crippen molar-refractivity contribution in [2.24, 2.45) is 5.84 Å². The van der Waals surface area contributed by atoms with Crippen LogP contribution in [0.4, 0.5) is 5.95 Å². The zero-order chi connectivity index (χ0) is 10.5. The predicted octanol–water partition coefficient (Wildman–Crippen LogP) is 1.36. The van der Waals surface area contributed by atoms with Crippen molar-refractivity contribution in [2.75, 3.05) is 5.01 Å². The largest absolute Gasteiger partial charge is 0.274 e. The van der Waals surface area contributed by atoms with E-state index in [-0.39, 0.29) is 0 Å². The minimum Gasteiger partial charge on any atom is -0.274 e. The van der Waals surface area contributed by atoms with Gasteiger partial charge in [0.2, 0.25) is 5.95 Å². The fraction of sp³-hybridized carbons (Fsp3) is 0.0909. The Morgan fingerprint density at radius 2 is 1.67 bits per heavy atom. The van der Waals surface area contributed by atoms with Gasteiger partial charge in [-0.05, 0) is 11.6 Å². The lowest BCUT2D eigenvalue weighted by molar-refractivity contribution is 0.807. The van der Waals surface area contributed by atoms with Crippen molar-refractivity contribution in [1.82, 2.24) is 9.97 Å². The zero-order valence-electron chi connectivity index (χ0n) is 8.24. The van der Waals surface area contributed by atoms with E-state index < -0.39 is 0 Å². The van der Waals surface area contributed by atoms with Gasteiger partial charge in [0.25, 0.3) is 0 Å². The molecule has 1 heterocycles. The highest BCUT2D eigenvalue weighted by atomic mass is 15.5. The smallest absolute Gasteiger partial charge is 0.240 e. The van der Waals surface area contributed by atoms with Crippen molar-refractivity contribution in [3.05, 3.63) is 54.4 Å². The van der Waals surface area contributed by atoms with Crippen LogP contribution in [-0.4, -0.2) is 9.97 Å². The molecule has 0 unspecified atom stereocenters. The van der Waals surface area contributed by atoms with Crippen LogP contribution in [0.5, 0.6) is 0 Å². The number of nitrogens with two attached hydrogens (primary N) is 1. The Bertz CT molecular complexity index is 401. The minimum atomic E-state index is 0.529. The summed E-state index contributed by atoms with van der Waals surface area (Å²) in [5.41, 5.74) is 1.13. The van der Waals surface area contributed by atoms with Crippen LogP contribution in [0.1, 0.15) is 5.56 Å². The van der Waals surface area contributed by atoms with Crippen LogP contribution < -0.4 is 10.9 Å². The Labute approximate surface area is 88.4 Å². The van der Waals surface area contributed by atoms with E-state index >= 15 is 0 Å². The lowest BCUT2D eigenvalue weighted by atomic mass is 10.2. The first-order valence-corrected chi connectivity index (χ1v) is 4.69. The number of hydrogen-bond acceptors (Lipinski definition) is 4. The summed E-state index contributed by atoms with van der Waals surface area (Å²) < 4.78 is 0. The van der Waals surface area contributed by atoms with Gasteiger partial charge in [0, 0.05) is 12.4 Å². The first-order chi connectivity index (χ1) is 7.36. The Morgan fingerprint density at radius 1 is 1.00 bits per heavy atom. The molecule has 4 heteroatoms. The van der Waals surface area contributed by atoms with Gasteiger partial charge in [0.1, 0.15) is 0 Å². The summed E-state index contributed by atoms with van der Waals surface area (Å²) in [4.78, 5) is 8.13. The normalized spacial score (nSPS) is 9.93. The molecule has 2 N–H and O–H groups in total. The molecule has 0 aliphatic rings. The summed E-state index contributed by atoms with van der Waals surface area (Å²) in [6.45, 7) is 0.602. The fourth-order valence-electron chi connectivity index (χ4n) is 1.29. The Hall–Kier alpha value is -1.94. The van der Waals surface area contributed by atoms with E-state index in [2.05, 4.69) is 9.97 Å². The summed E-state index contributed by atoms with van der Waals surface area (Å²) in [5, 5.41) is 1.52. The molecule has 2 rings (SSSR count). The lowest BCUT2D eigenvalue weighted by Gasteiger charge is -2.15. The molecule has 0 saturated carbocycles. The Kier molecular flexibility index (Phi) is 2.90. The average Bonchev–Trinajstić information content (AvgIpc) is 2.31. The van der Waals surface area contributed by atoms with Crippen molar-refractivity contribution >= 4 is 5.95 Å². The molecule has 0 radical (unpaired) electrons. The van der Waals surface area contributed by atoms with Gasteiger partial charge in [-0.25, -0.2) is 15.8 Å². The molecule has 0 aliphatic carbocycles. The third kappa shape index (κ3) is 2.51. The third-order valence-corrected chi connectivity index (χ3v) is 2.00. The molecule has 76 valence electrons. The van der Waals surface area contributed by atoms with Gasteiger partial charge in [0.05, 0.1) is 6.54 Å². The summed E-state index contributed by atoms with van der Waals surface area (Å²) in [6, 6.07) is 11.7. The van der Waals surface area contributed by atoms with E-state index in [1.54, 1.807) is 18.5 Å². The number of nitrogens with zero attached hydrogens (tertiary/aromatic N) is 3. The molecule has 0 aliphatic heterocycles. The minimum absolute atomic E-state index is 0.529. The van der Waals surface area contributed by atoms with Gasteiger partial charge in [-0.3, -0.25) is 5.01 Å². The quantitative estimate of drug-likeness (QED) is 0.600. The summed E-state index contributed by atoms with van der Waals surface area (Å²) in [7, 11) is 0. The SMILES string of the molecule is NN(Cc1ccccc1)c1ncccn1. The van der Waals surface area contributed by atoms with Crippen LogP contribution in [0.2, 0.25) is 0 Å². The van der Waals surface area contributed by atoms with E-state index in [0.717, 1.165) is 5.56 Å². The van der Waals surface area contributed by atoms with Crippen molar-refractivity contribution < 1.29 is 0 Å². The van der Waals surface area contributed by atoms with Crippen LogP contribution >= 0.6 is 0 Å². The molecule has 2 aromatic rings. The Balaban J connectivity index is 2.08. The second-order valence-electron chi connectivity index (χ2n) is 3.16. The maximum Gasteiger partial charge on any atom is 0.240 e.